The molecule has 2 fully saturated rings. The minimum absolute atomic E-state index is 0.252. The Morgan fingerprint density at radius 1 is 0.480 bits per heavy atom. The zero-order valence-electron chi connectivity index (χ0n) is 46.8. The van der Waals surface area contributed by atoms with Crippen molar-refractivity contribution in [2.24, 2.45) is 0 Å². The van der Waals surface area contributed by atoms with Crippen molar-refractivity contribution in [3.05, 3.63) is 60.8 Å². The number of hydrogen-bond acceptors (Lipinski definition) is 13. The van der Waals surface area contributed by atoms with Crippen molar-refractivity contribution in [2.45, 2.75) is 299 Å². The van der Waals surface area contributed by atoms with Gasteiger partial charge in [-0.05, 0) is 70.6 Å². The molecule has 9 N–H and O–H groups in total. The number of aliphatic hydroxyl groups excluding tert-OH is 8. The number of amides is 1. The molecule has 2 aliphatic rings. The Bertz CT molecular complexity index is 1490. The van der Waals surface area contributed by atoms with Gasteiger partial charge in [0, 0.05) is 6.42 Å². The summed E-state index contributed by atoms with van der Waals surface area (Å²) in [6.07, 6.45) is 42.8. The van der Waals surface area contributed by atoms with E-state index in [1.54, 1.807) is 6.08 Å². The van der Waals surface area contributed by atoms with Crippen LogP contribution in [0.3, 0.4) is 0 Å². The fourth-order valence-corrected chi connectivity index (χ4v) is 9.52. The number of allylic oxidation sites excluding steroid dienone is 9. The standard InChI is InChI=1S/C61H109NO13/c1-3-5-7-9-11-13-15-17-19-20-21-22-23-24-25-26-27-28-29-30-31-32-34-36-38-40-42-44-50(65)49(62-53(66)45-43-41-39-37-35-33-18-16-14-12-10-8-6-4-2)48-72-60-58(71)56(69)59(52(47-64)74-60)75-61-57(70)55(68)54(67)51(46-63)73-61/h10,12,16,18,29-30,34,36,42,44,49-52,54-61,63-65,67-71H,3-9,11,13-15,17,19-28,31-33,35,37-41,43,45-48H2,1-2H3,(H,62,66)/b12-10-,18-16-,30-29+,36-34+,44-42+. The van der Waals surface area contributed by atoms with Gasteiger partial charge >= 0.3 is 0 Å². The third-order valence-electron chi connectivity index (χ3n) is 14.4. The monoisotopic (exact) mass is 1060 g/mol. The highest BCUT2D eigenvalue weighted by Crippen LogP contribution is 2.30. The first-order chi connectivity index (χ1) is 36.6. The number of hydrogen-bond donors (Lipinski definition) is 9. The molecule has 0 bridgehead atoms. The number of unbranched alkanes of at least 4 members (excludes halogenated alkanes) is 26. The molecule has 2 aliphatic heterocycles. The molecule has 0 spiro atoms. The smallest absolute Gasteiger partial charge is 0.220 e. The summed E-state index contributed by atoms with van der Waals surface area (Å²) in [5.41, 5.74) is 0. The quantitative estimate of drug-likeness (QED) is 0.0204. The summed E-state index contributed by atoms with van der Waals surface area (Å²) in [4.78, 5) is 13.2. The Balaban J connectivity index is 1.77. The van der Waals surface area contributed by atoms with Crippen LogP contribution in [0.1, 0.15) is 226 Å². The van der Waals surface area contributed by atoms with Crippen LogP contribution in [0.25, 0.3) is 0 Å². The summed E-state index contributed by atoms with van der Waals surface area (Å²) < 4.78 is 22.7. The number of rotatable bonds is 47. The van der Waals surface area contributed by atoms with Crippen LogP contribution < -0.4 is 5.32 Å². The summed E-state index contributed by atoms with van der Waals surface area (Å²) in [6, 6.07) is -0.947. The molecule has 2 rings (SSSR count). The summed E-state index contributed by atoms with van der Waals surface area (Å²) >= 11 is 0. The molecular formula is C61H109NO13. The Kier molecular flexibility index (Phi) is 42.7. The molecule has 0 aromatic rings. The highest BCUT2D eigenvalue weighted by molar-refractivity contribution is 5.76. The van der Waals surface area contributed by atoms with Crippen molar-refractivity contribution in [1.82, 2.24) is 5.32 Å². The van der Waals surface area contributed by atoms with Crippen LogP contribution in [0.2, 0.25) is 0 Å². The second kappa shape index (κ2) is 46.6. The molecule has 12 atom stereocenters. The Morgan fingerprint density at radius 3 is 1.43 bits per heavy atom. The number of carbonyl (C=O) groups excluding carboxylic acids is 1. The Morgan fingerprint density at radius 2 is 0.907 bits per heavy atom. The predicted molar refractivity (Wildman–Crippen MR) is 300 cm³/mol. The highest BCUT2D eigenvalue weighted by Gasteiger charge is 2.51. The lowest BCUT2D eigenvalue weighted by Gasteiger charge is -2.46. The van der Waals surface area contributed by atoms with Crippen LogP contribution in [-0.4, -0.2) is 140 Å². The SMILES string of the molecule is CCCC/C=C\C/C=C\CCCCCCCC(=O)NC(COC1OC(CO)C(OC2OC(CO)C(O)C(O)C2O)C(O)C1O)C(O)/C=C/CC/C=C/CC/C=C/CCCCCCCCCCCCCCCCCCC. The van der Waals surface area contributed by atoms with Gasteiger partial charge in [-0.3, -0.25) is 4.79 Å². The van der Waals surface area contributed by atoms with Crippen molar-refractivity contribution < 1.29 is 64.6 Å². The highest BCUT2D eigenvalue weighted by atomic mass is 16.7. The van der Waals surface area contributed by atoms with E-state index in [2.05, 4.69) is 67.8 Å². The third kappa shape index (κ3) is 32.4. The van der Waals surface area contributed by atoms with Gasteiger partial charge in [0.05, 0.1) is 32.0 Å². The number of aliphatic hydroxyl groups is 8. The molecule has 75 heavy (non-hydrogen) atoms. The number of carbonyl (C=O) groups is 1. The minimum Gasteiger partial charge on any atom is -0.394 e. The summed E-state index contributed by atoms with van der Waals surface area (Å²) in [6.45, 7) is 2.72. The summed E-state index contributed by atoms with van der Waals surface area (Å²) in [7, 11) is 0. The lowest BCUT2D eigenvalue weighted by Crippen LogP contribution is -2.65. The van der Waals surface area contributed by atoms with Crippen molar-refractivity contribution >= 4 is 5.91 Å². The fourth-order valence-electron chi connectivity index (χ4n) is 9.52. The zero-order chi connectivity index (χ0) is 54.6. The summed E-state index contributed by atoms with van der Waals surface area (Å²) in [5.74, 6) is -0.269. The minimum atomic E-state index is -1.80. The van der Waals surface area contributed by atoms with E-state index in [1.165, 1.54) is 122 Å². The van der Waals surface area contributed by atoms with E-state index in [9.17, 15) is 45.6 Å². The molecule has 2 heterocycles. The van der Waals surface area contributed by atoms with E-state index in [0.29, 0.717) is 12.8 Å². The molecule has 0 radical (unpaired) electrons. The van der Waals surface area contributed by atoms with E-state index in [0.717, 1.165) is 70.6 Å². The zero-order valence-corrected chi connectivity index (χ0v) is 46.8. The van der Waals surface area contributed by atoms with Gasteiger partial charge in [-0.1, -0.05) is 209 Å². The van der Waals surface area contributed by atoms with Gasteiger partial charge in [0.25, 0.3) is 0 Å². The van der Waals surface area contributed by atoms with Gasteiger partial charge in [0.15, 0.2) is 12.6 Å². The summed E-state index contributed by atoms with van der Waals surface area (Å²) in [5, 5.41) is 87.0. The van der Waals surface area contributed by atoms with Crippen LogP contribution in [-0.2, 0) is 23.7 Å². The lowest BCUT2D eigenvalue weighted by molar-refractivity contribution is -0.359. The molecule has 0 aromatic carbocycles. The molecule has 1 amide bonds. The molecule has 0 aliphatic carbocycles. The largest absolute Gasteiger partial charge is 0.394 e. The van der Waals surface area contributed by atoms with Gasteiger partial charge in [0.2, 0.25) is 5.91 Å². The van der Waals surface area contributed by atoms with Crippen molar-refractivity contribution in [3.8, 4) is 0 Å². The van der Waals surface area contributed by atoms with Crippen LogP contribution in [0.15, 0.2) is 60.8 Å². The van der Waals surface area contributed by atoms with Gasteiger partial charge in [-0.2, -0.15) is 0 Å². The first kappa shape index (κ1) is 68.8. The maximum absolute atomic E-state index is 13.2. The van der Waals surface area contributed by atoms with Gasteiger partial charge in [-0.15, -0.1) is 0 Å². The molecule has 2 saturated heterocycles. The van der Waals surface area contributed by atoms with Crippen LogP contribution in [0, 0.1) is 0 Å². The molecular weight excluding hydrogens is 955 g/mol. The number of ether oxygens (including phenoxy) is 4. The van der Waals surface area contributed by atoms with E-state index in [-0.39, 0.29) is 18.9 Å². The van der Waals surface area contributed by atoms with Crippen molar-refractivity contribution in [2.75, 3.05) is 19.8 Å². The molecule has 12 unspecified atom stereocenters. The first-order valence-corrected chi connectivity index (χ1v) is 30.0. The Labute approximate surface area is 454 Å². The van der Waals surface area contributed by atoms with Crippen LogP contribution in [0.4, 0.5) is 0 Å². The second-order valence-electron chi connectivity index (χ2n) is 21.1. The first-order valence-electron chi connectivity index (χ1n) is 30.0. The topological polar surface area (TPSA) is 228 Å². The second-order valence-corrected chi connectivity index (χ2v) is 21.1. The van der Waals surface area contributed by atoms with Gasteiger partial charge in [-0.25, -0.2) is 0 Å². The molecule has 436 valence electrons. The third-order valence-corrected chi connectivity index (χ3v) is 14.4. The van der Waals surface area contributed by atoms with E-state index in [4.69, 9.17) is 18.9 Å². The van der Waals surface area contributed by atoms with Crippen LogP contribution in [0.5, 0.6) is 0 Å². The van der Waals surface area contributed by atoms with E-state index in [1.807, 2.05) is 6.08 Å². The van der Waals surface area contributed by atoms with Crippen LogP contribution >= 0.6 is 0 Å². The normalized spacial score (nSPS) is 25.5. The molecule has 0 aromatic heterocycles. The molecule has 14 heteroatoms. The molecule has 14 nitrogen and oxygen atoms in total. The Hall–Kier alpha value is -2.31. The predicted octanol–water partition coefficient (Wildman–Crippen LogP) is 10.2. The van der Waals surface area contributed by atoms with Crippen molar-refractivity contribution in [1.29, 1.82) is 0 Å². The number of nitrogens with one attached hydrogen (secondary N) is 1. The van der Waals surface area contributed by atoms with Crippen molar-refractivity contribution in [3.63, 3.8) is 0 Å². The fraction of sp³-hybridized carbons (Fsp3) is 0.820. The maximum atomic E-state index is 13.2. The van der Waals surface area contributed by atoms with E-state index < -0.39 is 86.8 Å². The van der Waals surface area contributed by atoms with Gasteiger partial charge < -0.3 is 65.1 Å². The van der Waals surface area contributed by atoms with E-state index >= 15 is 0 Å². The van der Waals surface area contributed by atoms with Gasteiger partial charge in [0.1, 0.15) is 48.8 Å². The maximum Gasteiger partial charge on any atom is 0.220 e. The molecule has 0 saturated carbocycles. The average molecular weight is 1060 g/mol. The lowest BCUT2D eigenvalue weighted by atomic mass is 9.97. The average Bonchev–Trinajstić information content (AvgIpc) is 3.41.